The number of aromatic nitrogens is 3. The summed E-state index contributed by atoms with van der Waals surface area (Å²) >= 11 is 5.94. The smallest absolute Gasteiger partial charge is 0.278 e. The number of nitrogens with one attached hydrogen (secondary N) is 1. The molecule has 1 heterocycles. The van der Waals surface area contributed by atoms with Gasteiger partial charge in [0.25, 0.3) is 5.91 Å². The zero-order chi connectivity index (χ0) is 20.1. The average molecular weight is 403 g/mol. The van der Waals surface area contributed by atoms with Gasteiger partial charge in [-0.1, -0.05) is 16.8 Å². The summed E-state index contributed by atoms with van der Waals surface area (Å²) in [5, 5.41) is 11.5. The molecular formula is C19H19ClN4O4. The summed E-state index contributed by atoms with van der Waals surface area (Å²) in [4.78, 5) is 12.9. The fraction of sp³-hybridized carbons (Fsp3) is 0.211. The Hall–Kier alpha value is -3.10. The molecule has 1 amide bonds. The van der Waals surface area contributed by atoms with E-state index in [1.54, 1.807) is 49.6 Å². The van der Waals surface area contributed by atoms with E-state index in [1.807, 2.05) is 0 Å². The maximum Gasteiger partial charge on any atom is 0.278 e. The lowest BCUT2D eigenvalue weighted by atomic mass is 10.2. The summed E-state index contributed by atoms with van der Waals surface area (Å²) in [6, 6.07) is 12.1. The monoisotopic (exact) mass is 402 g/mol. The van der Waals surface area contributed by atoms with Gasteiger partial charge in [-0.3, -0.25) is 4.79 Å². The fourth-order valence-corrected chi connectivity index (χ4v) is 2.75. The van der Waals surface area contributed by atoms with Crippen molar-refractivity contribution in [1.29, 1.82) is 0 Å². The summed E-state index contributed by atoms with van der Waals surface area (Å²) in [6.45, 7) is 0.146. The highest BCUT2D eigenvalue weighted by Crippen LogP contribution is 2.29. The van der Waals surface area contributed by atoms with E-state index in [2.05, 4.69) is 15.6 Å². The van der Waals surface area contributed by atoms with Crippen molar-refractivity contribution in [2.24, 2.45) is 0 Å². The Morgan fingerprint density at radius 1 is 1.11 bits per heavy atom. The van der Waals surface area contributed by atoms with E-state index in [0.717, 1.165) is 0 Å². The van der Waals surface area contributed by atoms with Crippen molar-refractivity contribution in [3.05, 3.63) is 58.9 Å². The molecule has 0 aliphatic heterocycles. The molecule has 0 atom stereocenters. The zero-order valence-electron chi connectivity index (χ0n) is 15.6. The first kappa shape index (κ1) is 19.7. The second kappa shape index (κ2) is 8.73. The molecule has 0 spiro atoms. The second-order valence-corrected chi connectivity index (χ2v) is 6.16. The van der Waals surface area contributed by atoms with Crippen molar-refractivity contribution in [3.63, 3.8) is 0 Å². The van der Waals surface area contributed by atoms with Gasteiger partial charge in [-0.2, -0.15) is 0 Å². The van der Waals surface area contributed by atoms with Gasteiger partial charge < -0.3 is 19.5 Å². The number of amides is 1. The maximum absolute atomic E-state index is 12.9. The molecule has 0 radical (unpaired) electrons. The fourth-order valence-electron chi connectivity index (χ4n) is 2.63. The van der Waals surface area contributed by atoms with E-state index < -0.39 is 5.91 Å². The zero-order valence-corrected chi connectivity index (χ0v) is 16.4. The van der Waals surface area contributed by atoms with Crippen molar-refractivity contribution in [2.45, 2.75) is 6.61 Å². The van der Waals surface area contributed by atoms with Crippen LogP contribution in [-0.4, -0.2) is 42.2 Å². The number of benzene rings is 2. The highest BCUT2D eigenvalue weighted by Gasteiger charge is 2.22. The lowest BCUT2D eigenvalue weighted by molar-refractivity contribution is 0.101. The molecule has 0 unspecified atom stereocenters. The van der Waals surface area contributed by atoms with Crippen molar-refractivity contribution < 1.29 is 19.0 Å². The van der Waals surface area contributed by atoms with Gasteiger partial charge in [0.05, 0.1) is 32.2 Å². The normalized spacial score (nSPS) is 10.6. The van der Waals surface area contributed by atoms with Gasteiger partial charge in [0.1, 0.15) is 17.2 Å². The Labute approximate surface area is 167 Å². The summed E-state index contributed by atoms with van der Waals surface area (Å²) in [5.41, 5.74) is 1.81. The number of halogens is 1. The molecule has 28 heavy (non-hydrogen) atoms. The molecule has 9 heteroatoms. The third kappa shape index (κ3) is 4.08. The number of methoxy groups -OCH3 is 3. The van der Waals surface area contributed by atoms with Crippen molar-refractivity contribution in [1.82, 2.24) is 15.0 Å². The van der Waals surface area contributed by atoms with Gasteiger partial charge in [0.2, 0.25) is 0 Å². The molecule has 0 bridgehead atoms. The highest BCUT2D eigenvalue weighted by molar-refractivity contribution is 6.30. The molecule has 0 aliphatic carbocycles. The van der Waals surface area contributed by atoms with E-state index in [-0.39, 0.29) is 12.3 Å². The number of hydrogen-bond acceptors (Lipinski definition) is 6. The first-order valence-electron chi connectivity index (χ1n) is 8.30. The molecule has 3 aromatic rings. The summed E-state index contributed by atoms with van der Waals surface area (Å²) in [6.07, 6.45) is 0. The van der Waals surface area contributed by atoms with Crippen LogP contribution < -0.4 is 14.8 Å². The highest BCUT2D eigenvalue weighted by atomic mass is 35.5. The minimum atomic E-state index is -0.446. The molecule has 8 nitrogen and oxygen atoms in total. The summed E-state index contributed by atoms with van der Waals surface area (Å²) < 4.78 is 17.3. The predicted octanol–water partition coefficient (Wildman–Crippen LogP) is 3.34. The average Bonchev–Trinajstić information content (AvgIpc) is 3.12. The molecular weight excluding hydrogens is 384 g/mol. The summed E-state index contributed by atoms with van der Waals surface area (Å²) in [5.74, 6) is 0.629. The van der Waals surface area contributed by atoms with E-state index in [9.17, 15) is 4.79 Å². The lowest BCUT2D eigenvalue weighted by Crippen LogP contribution is -2.16. The van der Waals surface area contributed by atoms with Crippen molar-refractivity contribution in [3.8, 4) is 17.2 Å². The number of nitrogens with zero attached hydrogens (tertiary/aromatic N) is 3. The number of carbonyl (C=O) groups excluding carboxylic acids is 1. The Kier molecular flexibility index (Phi) is 6.13. The Balaban J connectivity index is 1.95. The Morgan fingerprint density at radius 3 is 2.50 bits per heavy atom. The predicted molar refractivity (Wildman–Crippen MR) is 105 cm³/mol. The van der Waals surface area contributed by atoms with Gasteiger partial charge in [-0.15, -0.1) is 5.10 Å². The second-order valence-electron chi connectivity index (χ2n) is 5.73. The maximum atomic E-state index is 12.9. The van der Waals surface area contributed by atoms with Crippen LogP contribution in [0, 0.1) is 0 Å². The van der Waals surface area contributed by atoms with E-state index >= 15 is 0 Å². The largest absolute Gasteiger partial charge is 0.497 e. The van der Waals surface area contributed by atoms with Crippen molar-refractivity contribution in [2.75, 3.05) is 26.6 Å². The first-order valence-corrected chi connectivity index (χ1v) is 8.68. The van der Waals surface area contributed by atoms with Gasteiger partial charge in [0, 0.05) is 18.2 Å². The topological polar surface area (TPSA) is 87.5 Å². The van der Waals surface area contributed by atoms with Crippen LogP contribution in [-0.2, 0) is 11.3 Å². The lowest BCUT2D eigenvalue weighted by Gasteiger charge is -2.12. The van der Waals surface area contributed by atoms with Gasteiger partial charge >= 0.3 is 0 Å². The number of hydrogen-bond donors (Lipinski definition) is 1. The Morgan fingerprint density at radius 2 is 1.86 bits per heavy atom. The van der Waals surface area contributed by atoms with Crippen LogP contribution in [0.25, 0.3) is 5.69 Å². The molecule has 3 rings (SSSR count). The van der Waals surface area contributed by atoms with Gasteiger partial charge in [-0.05, 0) is 36.4 Å². The van der Waals surface area contributed by atoms with Crippen LogP contribution in [0.3, 0.4) is 0 Å². The minimum Gasteiger partial charge on any atom is -0.497 e. The third-order valence-electron chi connectivity index (χ3n) is 3.99. The molecule has 1 aromatic heterocycles. The number of rotatable bonds is 7. The molecule has 0 saturated carbocycles. The van der Waals surface area contributed by atoms with Crippen LogP contribution in [0.15, 0.2) is 42.5 Å². The van der Waals surface area contributed by atoms with Crippen molar-refractivity contribution >= 4 is 23.2 Å². The van der Waals surface area contributed by atoms with Crippen LogP contribution in [0.1, 0.15) is 16.2 Å². The quantitative estimate of drug-likeness (QED) is 0.652. The molecule has 1 N–H and O–H groups in total. The molecule has 0 fully saturated rings. The van der Waals surface area contributed by atoms with E-state index in [4.69, 9.17) is 25.8 Å². The molecule has 0 saturated heterocycles. The van der Waals surface area contributed by atoms with Crippen LogP contribution in [0.5, 0.6) is 11.5 Å². The number of ether oxygens (including phenoxy) is 3. The van der Waals surface area contributed by atoms with E-state index in [0.29, 0.717) is 33.6 Å². The number of anilines is 1. The van der Waals surface area contributed by atoms with Gasteiger partial charge in [0.15, 0.2) is 5.69 Å². The van der Waals surface area contributed by atoms with Crippen LogP contribution >= 0.6 is 11.6 Å². The van der Waals surface area contributed by atoms with Crippen LogP contribution in [0.4, 0.5) is 5.69 Å². The SMILES string of the molecule is COCc1c(C(=O)Nc2cc(OC)ccc2OC)nnn1-c1ccc(Cl)cc1. The van der Waals surface area contributed by atoms with E-state index in [1.165, 1.54) is 18.9 Å². The molecule has 2 aromatic carbocycles. The molecule has 146 valence electrons. The van der Waals surface area contributed by atoms with Crippen LogP contribution in [0.2, 0.25) is 5.02 Å². The van der Waals surface area contributed by atoms with Gasteiger partial charge in [-0.25, -0.2) is 4.68 Å². The third-order valence-corrected chi connectivity index (χ3v) is 4.24. The minimum absolute atomic E-state index is 0.140. The number of carbonyl (C=O) groups is 1. The summed E-state index contributed by atoms with van der Waals surface area (Å²) in [7, 11) is 4.60. The first-order chi connectivity index (χ1) is 13.6. The molecule has 0 aliphatic rings. The standard InChI is InChI=1S/C19H19ClN4O4/c1-26-11-16-18(22-23-24(16)13-6-4-12(20)5-7-13)19(25)21-15-10-14(27-2)8-9-17(15)28-3/h4-10H,11H2,1-3H3,(H,21,25). The Bertz CT molecular complexity index is 973.